The van der Waals surface area contributed by atoms with E-state index in [4.69, 9.17) is 10.5 Å². The topological polar surface area (TPSA) is 52.5 Å². The van der Waals surface area contributed by atoms with E-state index >= 15 is 0 Å². The summed E-state index contributed by atoms with van der Waals surface area (Å²) in [6.07, 6.45) is 1.75. The van der Waals surface area contributed by atoms with Crippen molar-refractivity contribution in [2.45, 2.75) is 0 Å². The van der Waals surface area contributed by atoms with E-state index in [9.17, 15) is 4.39 Å². The highest BCUT2D eigenvalue weighted by atomic mass is 79.9. The number of rotatable bonds is 2. The van der Waals surface area contributed by atoms with E-state index in [0.29, 0.717) is 21.7 Å². The van der Waals surface area contributed by atoms with Gasteiger partial charge in [0.25, 0.3) is 0 Å². The van der Waals surface area contributed by atoms with Crippen molar-refractivity contribution in [2.75, 3.05) is 12.8 Å². The lowest BCUT2D eigenvalue weighted by molar-refractivity contribution is 0.386. The normalized spacial score (nSPS) is 10.9. The van der Waals surface area contributed by atoms with Crippen LogP contribution in [0.25, 0.3) is 16.9 Å². The average Bonchev–Trinajstić information content (AvgIpc) is 2.75. The fraction of sp³-hybridized carbons (Fsp3) is 0.0714. The molecule has 0 saturated heterocycles. The van der Waals surface area contributed by atoms with Crippen molar-refractivity contribution in [1.29, 1.82) is 0 Å². The molecular formula is C14H11BrFN3O. The van der Waals surface area contributed by atoms with Gasteiger partial charge in [-0.1, -0.05) is 0 Å². The summed E-state index contributed by atoms with van der Waals surface area (Å²) in [5.74, 6) is 0.385. The van der Waals surface area contributed by atoms with Crippen LogP contribution >= 0.6 is 15.9 Å². The van der Waals surface area contributed by atoms with E-state index in [0.717, 1.165) is 5.52 Å². The summed E-state index contributed by atoms with van der Waals surface area (Å²) in [5.41, 5.74) is 7.92. The Labute approximate surface area is 123 Å². The lowest BCUT2D eigenvalue weighted by Crippen LogP contribution is -1.94. The zero-order valence-electron chi connectivity index (χ0n) is 10.6. The minimum atomic E-state index is -0.429. The van der Waals surface area contributed by atoms with Crippen molar-refractivity contribution in [3.63, 3.8) is 0 Å². The average molecular weight is 336 g/mol. The van der Waals surface area contributed by atoms with Crippen LogP contribution < -0.4 is 10.5 Å². The second-order valence-corrected chi connectivity index (χ2v) is 5.04. The number of anilines is 1. The summed E-state index contributed by atoms with van der Waals surface area (Å²) >= 11 is 3.40. The van der Waals surface area contributed by atoms with E-state index in [1.165, 1.54) is 13.2 Å². The Balaban J connectivity index is 2.24. The Kier molecular flexibility index (Phi) is 3.10. The summed E-state index contributed by atoms with van der Waals surface area (Å²) in [6.45, 7) is 0. The van der Waals surface area contributed by atoms with Gasteiger partial charge in [0.15, 0.2) is 11.6 Å². The van der Waals surface area contributed by atoms with Crippen molar-refractivity contribution in [2.24, 2.45) is 0 Å². The number of pyridine rings is 1. The Morgan fingerprint density at radius 2 is 2.10 bits per heavy atom. The molecule has 0 radical (unpaired) electrons. The van der Waals surface area contributed by atoms with E-state index < -0.39 is 5.82 Å². The smallest absolute Gasteiger partial charge is 0.165 e. The lowest BCUT2D eigenvalue weighted by Gasteiger charge is -2.05. The van der Waals surface area contributed by atoms with Gasteiger partial charge in [0.2, 0.25) is 0 Å². The Hall–Kier alpha value is -2.08. The van der Waals surface area contributed by atoms with Crippen LogP contribution in [-0.2, 0) is 0 Å². The first-order valence-electron chi connectivity index (χ1n) is 5.87. The van der Waals surface area contributed by atoms with Gasteiger partial charge in [0.05, 0.1) is 12.6 Å². The van der Waals surface area contributed by atoms with E-state index in [1.54, 1.807) is 24.4 Å². The number of hydrogen-bond donors (Lipinski definition) is 1. The first-order valence-corrected chi connectivity index (χ1v) is 6.66. The summed E-state index contributed by atoms with van der Waals surface area (Å²) in [7, 11) is 1.43. The molecule has 2 N–H and O–H groups in total. The highest BCUT2D eigenvalue weighted by Gasteiger charge is 2.13. The molecule has 6 heteroatoms. The molecule has 0 unspecified atom stereocenters. The number of hydrogen-bond acceptors (Lipinski definition) is 3. The monoisotopic (exact) mass is 335 g/mol. The quantitative estimate of drug-likeness (QED) is 0.779. The molecular weight excluding hydrogens is 325 g/mol. The van der Waals surface area contributed by atoms with Gasteiger partial charge in [-0.05, 0) is 46.3 Å². The molecule has 0 amide bonds. The van der Waals surface area contributed by atoms with Crippen molar-refractivity contribution < 1.29 is 9.13 Å². The third-order valence-electron chi connectivity index (χ3n) is 3.02. The molecule has 3 aromatic rings. The number of benzene rings is 1. The maximum absolute atomic E-state index is 13.8. The fourth-order valence-corrected chi connectivity index (χ4v) is 2.56. The summed E-state index contributed by atoms with van der Waals surface area (Å²) in [6, 6.07) is 8.37. The molecule has 0 spiro atoms. The third-order valence-corrected chi connectivity index (χ3v) is 3.61. The number of fused-ring (bicyclic) bond motifs is 1. The van der Waals surface area contributed by atoms with Crippen LogP contribution in [0.4, 0.5) is 10.1 Å². The van der Waals surface area contributed by atoms with E-state index in [-0.39, 0.29) is 5.75 Å². The Bertz CT molecular complexity index is 800. The summed E-state index contributed by atoms with van der Waals surface area (Å²) in [4.78, 5) is 4.41. The fourth-order valence-electron chi connectivity index (χ4n) is 2.07. The molecule has 2 aromatic heterocycles. The van der Waals surface area contributed by atoms with Crippen LogP contribution in [0.5, 0.6) is 5.75 Å². The van der Waals surface area contributed by atoms with Crippen LogP contribution in [0.3, 0.4) is 0 Å². The van der Waals surface area contributed by atoms with E-state index in [2.05, 4.69) is 20.9 Å². The predicted octanol–water partition coefficient (Wildman–Crippen LogP) is 3.49. The number of nitrogen functional groups attached to an aromatic ring is 1. The number of halogens is 2. The lowest BCUT2D eigenvalue weighted by atomic mass is 10.2. The summed E-state index contributed by atoms with van der Waals surface area (Å²) in [5, 5.41) is 0. The standard InChI is InChI=1S/C14H11BrFN3O/c1-20-12-5-2-8(6-10(12)16)14-18-13(15)11-4-3-9(17)7-19(11)14/h2-7H,17H2,1H3. The number of aromatic nitrogens is 2. The van der Waals surface area contributed by atoms with E-state index in [1.807, 2.05) is 10.5 Å². The van der Waals surface area contributed by atoms with Crippen molar-refractivity contribution >= 4 is 27.1 Å². The predicted molar refractivity (Wildman–Crippen MR) is 79.3 cm³/mol. The van der Waals surface area contributed by atoms with Crippen LogP contribution in [-0.4, -0.2) is 16.5 Å². The van der Waals surface area contributed by atoms with Crippen LogP contribution in [0.2, 0.25) is 0 Å². The SMILES string of the molecule is COc1ccc(-c2nc(Br)c3ccc(N)cn23)cc1F. The Morgan fingerprint density at radius 3 is 2.80 bits per heavy atom. The maximum Gasteiger partial charge on any atom is 0.165 e. The second-order valence-electron chi connectivity index (χ2n) is 4.29. The van der Waals surface area contributed by atoms with Gasteiger partial charge >= 0.3 is 0 Å². The molecule has 0 bridgehead atoms. The van der Waals surface area contributed by atoms with Crippen molar-refractivity contribution in [1.82, 2.24) is 9.38 Å². The first-order chi connectivity index (χ1) is 9.60. The van der Waals surface area contributed by atoms with Gasteiger partial charge in [-0.2, -0.15) is 0 Å². The van der Waals surface area contributed by atoms with Gasteiger partial charge < -0.3 is 10.5 Å². The highest BCUT2D eigenvalue weighted by Crippen LogP contribution is 2.29. The summed E-state index contributed by atoms with van der Waals surface area (Å²) < 4.78 is 21.2. The van der Waals surface area contributed by atoms with Crippen LogP contribution in [0, 0.1) is 5.82 Å². The number of imidazole rings is 1. The van der Waals surface area contributed by atoms with Crippen LogP contribution in [0.1, 0.15) is 0 Å². The second kappa shape index (κ2) is 4.79. The first kappa shape index (κ1) is 12.9. The molecule has 4 nitrogen and oxygen atoms in total. The van der Waals surface area contributed by atoms with Crippen molar-refractivity contribution in [3.05, 3.63) is 46.9 Å². The highest BCUT2D eigenvalue weighted by molar-refractivity contribution is 9.10. The minimum absolute atomic E-state index is 0.202. The number of nitrogens with two attached hydrogens (primary N) is 1. The molecule has 0 fully saturated rings. The molecule has 1 aromatic carbocycles. The van der Waals surface area contributed by atoms with Crippen molar-refractivity contribution in [3.8, 4) is 17.1 Å². The third kappa shape index (κ3) is 2.02. The van der Waals surface area contributed by atoms with Gasteiger partial charge in [0.1, 0.15) is 10.4 Å². The van der Waals surface area contributed by atoms with Gasteiger partial charge in [-0.25, -0.2) is 9.37 Å². The molecule has 0 aliphatic rings. The molecule has 0 atom stereocenters. The van der Waals surface area contributed by atoms with Gasteiger partial charge in [-0.15, -0.1) is 0 Å². The molecule has 2 heterocycles. The largest absolute Gasteiger partial charge is 0.494 e. The molecule has 3 rings (SSSR count). The molecule has 0 aliphatic carbocycles. The number of methoxy groups -OCH3 is 1. The number of nitrogens with zero attached hydrogens (tertiary/aromatic N) is 2. The van der Waals surface area contributed by atoms with Crippen LogP contribution in [0.15, 0.2) is 41.1 Å². The zero-order chi connectivity index (χ0) is 14.3. The zero-order valence-corrected chi connectivity index (χ0v) is 12.2. The number of ether oxygens (including phenoxy) is 1. The Morgan fingerprint density at radius 1 is 1.30 bits per heavy atom. The maximum atomic E-state index is 13.8. The molecule has 0 aliphatic heterocycles. The minimum Gasteiger partial charge on any atom is -0.494 e. The van der Waals surface area contributed by atoms with Gasteiger partial charge in [0, 0.05) is 17.4 Å². The molecule has 0 saturated carbocycles. The van der Waals surface area contributed by atoms with Gasteiger partial charge in [-0.3, -0.25) is 4.40 Å². The molecule has 102 valence electrons. The molecule has 20 heavy (non-hydrogen) atoms.